The van der Waals surface area contributed by atoms with E-state index in [0.717, 1.165) is 0 Å². The lowest BCUT2D eigenvalue weighted by Gasteiger charge is -2.26. The Morgan fingerprint density at radius 2 is 1.95 bits per heavy atom. The largest absolute Gasteiger partial charge is 0.481 e. The molecule has 1 heterocycles. The van der Waals surface area contributed by atoms with Crippen molar-refractivity contribution in [2.75, 3.05) is 32.7 Å². The number of carbonyl (C=O) groups is 3. The van der Waals surface area contributed by atoms with Gasteiger partial charge in [-0.2, -0.15) is 0 Å². The van der Waals surface area contributed by atoms with Gasteiger partial charge in [-0.15, -0.1) is 0 Å². The SMILES string of the molecule is CCNC(=O)CN(CC)C(=O)N1CC(C)C(C(=O)O)C1. The highest BCUT2D eigenvalue weighted by Crippen LogP contribution is 2.24. The number of aliphatic carboxylic acids is 1. The highest BCUT2D eigenvalue weighted by molar-refractivity contribution is 5.84. The number of carbonyl (C=O) groups excluding carboxylic acids is 2. The Morgan fingerprint density at radius 1 is 1.30 bits per heavy atom. The quantitative estimate of drug-likeness (QED) is 0.756. The van der Waals surface area contributed by atoms with Crippen molar-refractivity contribution in [1.82, 2.24) is 15.1 Å². The molecule has 2 atom stereocenters. The van der Waals surface area contributed by atoms with Crippen LogP contribution in [0.3, 0.4) is 0 Å². The van der Waals surface area contributed by atoms with Gasteiger partial charge in [0.05, 0.1) is 5.92 Å². The number of urea groups is 1. The number of carboxylic acid groups (broad SMARTS) is 1. The number of nitrogens with one attached hydrogen (secondary N) is 1. The predicted octanol–water partition coefficient (Wildman–Crippen LogP) is 0.217. The Bertz CT molecular complexity index is 386. The minimum Gasteiger partial charge on any atom is -0.481 e. The maximum Gasteiger partial charge on any atom is 0.320 e. The highest BCUT2D eigenvalue weighted by atomic mass is 16.4. The van der Waals surface area contributed by atoms with Gasteiger partial charge in [0.1, 0.15) is 6.54 Å². The fourth-order valence-corrected chi connectivity index (χ4v) is 2.39. The van der Waals surface area contributed by atoms with Gasteiger partial charge in [0.25, 0.3) is 0 Å². The zero-order chi connectivity index (χ0) is 15.3. The van der Waals surface area contributed by atoms with Crippen LogP contribution in [0, 0.1) is 11.8 Å². The van der Waals surface area contributed by atoms with Crippen LogP contribution >= 0.6 is 0 Å². The zero-order valence-corrected chi connectivity index (χ0v) is 12.3. The fourth-order valence-electron chi connectivity index (χ4n) is 2.39. The molecule has 1 saturated heterocycles. The number of rotatable bonds is 5. The maximum atomic E-state index is 12.3. The van der Waals surface area contributed by atoms with Gasteiger partial charge in [-0.05, 0) is 19.8 Å². The average molecular weight is 285 g/mol. The maximum absolute atomic E-state index is 12.3. The standard InChI is InChI=1S/C13H23N3O4/c1-4-14-11(17)8-15(5-2)13(20)16-6-9(3)10(7-16)12(18)19/h9-10H,4-8H2,1-3H3,(H,14,17)(H,18,19). The molecule has 0 saturated carbocycles. The van der Waals surface area contributed by atoms with E-state index < -0.39 is 11.9 Å². The molecule has 0 aromatic carbocycles. The number of likely N-dealkylation sites (N-methyl/N-ethyl adjacent to an activating group) is 2. The molecule has 1 aliphatic heterocycles. The Morgan fingerprint density at radius 3 is 2.40 bits per heavy atom. The van der Waals surface area contributed by atoms with Gasteiger partial charge in [0.2, 0.25) is 5.91 Å². The topological polar surface area (TPSA) is 90.0 Å². The summed E-state index contributed by atoms with van der Waals surface area (Å²) in [4.78, 5) is 37.9. The predicted molar refractivity (Wildman–Crippen MR) is 73.2 cm³/mol. The summed E-state index contributed by atoms with van der Waals surface area (Å²) in [5.41, 5.74) is 0. The van der Waals surface area contributed by atoms with E-state index in [0.29, 0.717) is 19.6 Å². The molecule has 0 aliphatic carbocycles. The van der Waals surface area contributed by atoms with Crippen molar-refractivity contribution in [3.8, 4) is 0 Å². The summed E-state index contributed by atoms with van der Waals surface area (Å²) < 4.78 is 0. The van der Waals surface area contributed by atoms with Gasteiger partial charge in [0.15, 0.2) is 0 Å². The van der Waals surface area contributed by atoms with Gasteiger partial charge in [-0.3, -0.25) is 9.59 Å². The minimum atomic E-state index is -0.875. The smallest absolute Gasteiger partial charge is 0.320 e. The highest BCUT2D eigenvalue weighted by Gasteiger charge is 2.38. The summed E-state index contributed by atoms with van der Waals surface area (Å²) in [7, 11) is 0. The van der Waals surface area contributed by atoms with Gasteiger partial charge < -0.3 is 20.2 Å². The third kappa shape index (κ3) is 3.85. The summed E-state index contributed by atoms with van der Waals surface area (Å²) in [6.07, 6.45) is 0. The summed E-state index contributed by atoms with van der Waals surface area (Å²) in [6.45, 7) is 7.01. The number of hydrogen-bond donors (Lipinski definition) is 2. The molecule has 1 aliphatic rings. The number of likely N-dealkylation sites (tertiary alicyclic amines) is 1. The number of nitrogens with zero attached hydrogens (tertiary/aromatic N) is 2. The Labute approximate surface area is 118 Å². The van der Waals surface area contributed by atoms with Crippen molar-refractivity contribution in [2.24, 2.45) is 11.8 Å². The molecule has 20 heavy (non-hydrogen) atoms. The third-order valence-electron chi connectivity index (χ3n) is 3.56. The van der Waals surface area contributed by atoms with E-state index in [1.165, 1.54) is 9.80 Å². The molecule has 1 rings (SSSR count). The van der Waals surface area contributed by atoms with Crippen LogP contribution in [-0.4, -0.2) is 65.5 Å². The van der Waals surface area contributed by atoms with Crippen molar-refractivity contribution in [3.63, 3.8) is 0 Å². The number of amides is 3. The lowest BCUT2D eigenvalue weighted by atomic mass is 9.99. The van der Waals surface area contributed by atoms with Crippen molar-refractivity contribution < 1.29 is 19.5 Å². The number of carboxylic acids is 1. The fraction of sp³-hybridized carbons (Fsp3) is 0.769. The first-order chi connectivity index (χ1) is 9.40. The first-order valence-electron chi connectivity index (χ1n) is 6.94. The molecular weight excluding hydrogens is 262 g/mol. The molecule has 2 N–H and O–H groups in total. The van der Waals surface area contributed by atoms with E-state index in [2.05, 4.69) is 5.32 Å². The molecule has 114 valence electrons. The normalized spacial score (nSPS) is 21.6. The summed E-state index contributed by atoms with van der Waals surface area (Å²) in [6, 6.07) is -0.269. The Balaban J connectivity index is 2.63. The minimum absolute atomic E-state index is 0.00575. The zero-order valence-electron chi connectivity index (χ0n) is 12.3. The molecule has 3 amide bonds. The van der Waals surface area contributed by atoms with E-state index in [4.69, 9.17) is 5.11 Å². The van der Waals surface area contributed by atoms with Crippen LogP contribution in [0.25, 0.3) is 0 Å². The average Bonchev–Trinajstić information content (AvgIpc) is 2.77. The van der Waals surface area contributed by atoms with Crippen LogP contribution in [0.4, 0.5) is 4.79 Å². The molecule has 0 spiro atoms. The van der Waals surface area contributed by atoms with Crippen molar-refractivity contribution in [2.45, 2.75) is 20.8 Å². The van der Waals surface area contributed by atoms with Crippen molar-refractivity contribution in [3.05, 3.63) is 0 Å². The second kappa shape index (κ2) is 7.12. The van der Waals surface area contributed by atoms with E-state index >= 15 is 0 Å². The molecule has 0 aromatic heterocycles. The second-order valence-corrected chi connectivity index (χ2v) is 5.08. The summed E-state index contributed by atoms with van der Waals surface area (Å²) >= 11 is 0. The number of hydrogen-bond acceptors (Lipinski definition) is 3. The van der Waals surface area contributed by atoms with Gasteiger partial charge in [0, 0.05) is 26.2 Å². The lowest BCUT2D eigenvalue weighted by molar-refractivity contribution is -0.142. The monoisotopic (exact) mass is 285 g/mol. The van der Waals surface area contributed by atoms with Gasteiger partial charge >= 0.3 is 12.0 Å². The molecule has 2 unspecified atom stereocenters. The van der Waals surface area contributed by atoms with Crippen LogP contribution in [0.15, 0.2) is 0 Å². The van der Waals surface area contributed by atoms with Gasteiger partial charge in [-0.25, -0.2) is 4.79 Å². The summed E-state index contributed by atoms with van der Waals surface area (Å²) in [5.74, 6) is -1.67. The Hall–Kier alpha value is -1.79. The summed E-state index contributed by atoms with van der Waals surface area (Å²) in [5, 5.41) is 11.7. The van der Waals surface area contributed by atoms with Crippen LogP contribution < -0.4 is 5.32 Å². The van der Waals surface area contributed by atoms with Crippen molar-refractivity contribution >= 4 is 17.9 Å². The first kappa shape index (κ1) is 16.3. The van der Waals surface area contributed by atoms with E-state index in [1.807, 2.05) is 13.8 Å². The lowest BCUT2D eigenvalue weighted by Crippen LogP contribution is -2.46. The van der Waals surface area contributed by atoms with Crippen LogP contribution in [0.1, 0.15) is 20.8 Å². The first-order valence-corrected chi connectivity index (χ1v) is 6.94. The van der Waals surface area contributed by atoms with Crippen LogP contribution in [0.5, 0.6) is 0 Å². The molecule has 0 bridgehead atoms. The Kier molecular flexibility index (Phi) is 5.79. The second-order valence-electron chi connectivity index (χ2n) is 5.08. The molecular formula is C13H23N3O4. The third-order valence-corrected chi connectivity index (χ3v) is 3.56. The van der Waals surface area contributed by atoms with E-state index in [-0.39, 0.29) is 30.9 Å². The van der Waals surface area contributed by atoms with Crippen LogP contribution in [0.2, 0.25) is 0 Å². The molecule has 7 nitrogen and oxygen atoms in total. The molecule has 7 heteroatoms. The van der Waals surface area contributed by atoms with Gasteiger partial charge in [-0.1, -0.05) is 6.92 Å². The van der Waals surface area contributed by atoms with E-state index in [1.54, 1.807) is 6.92 Å². The van der Waals surface area contributed by atoms with Crippen LogP contribution in [-0.2, 0) is 9.59 Å². The molecule has 0 aromatic rings. The van der Waals surface area contributed by atoms with Crippen molar-refractivity contribution in [1.29, 1.82) is 0 Å². The van der Waals surface area contributed by atoms with E-state index in [9.17, 15) is 14.4 Å². The molecule has 1 fully saturated rings. The molecule has 0 radical (unpaired) electrons.